The summed E-state index contributed by atoms with van der Waals surface area (Å²) in [5.74, 6) is 0. The fourth-order valence-electron chi connectivity index (χ4n) is 2.42. The summed E-state index contributed by atoms with van der Waals surface area (Å²) in [7, 11) is 0. The molecular formula is C13H19N3O2. The van der Waals surface area contributed by atoms with Gasteiger partial charge in [0.05, 0.1) is 4.92 Å². The molecule has 18 heavy (non-hydrogen) atoms. The van der Waals surface area contributed by atoms with Crippen LogP contribution in [0.15, 0.2) is 18.2 Å². The number of nitrogens with zero attached hydrogens (tertiary/aromatic N) is 1. The molecule has 0 saturated carbocycles. The summed E-state index contributed by atoms with van der Waals surface area (Å²) in [5, 5.41) is 17.8. The second-order valence-electron chi connectivity index (χ2n) is 4.86. The van der Waals surface area contributed by atoms with Gasteiger partial charge >= 0.3 is 0 Å². The number of aryl methyl sites for hydroxylation is 1. The minimum atomic E-state index is -0.323. The predicted octanol–water partition coefficient (Wildman–Crippen LogP) is 2.46. The second kappa shape index (κ2) is 5.35. The molecule has 5 nitrogen and oxygen atoms in total. The van der Waals surface area contributed by atoms with Crippen LogP contribution in [0.4, 0.5) is 11.4 Å². The molecule has 2 atom stereocenters. The van der Waals surface area contributed by atoms with Gasteiger partial charge in [-0.3, -0.25) is 10.1 Å². The third-order valence-electron chi connectivity index (χ3n) is 3.54. The first kappa shape index (κ1) is 12.8. The zero-order valence-corrected chi connectivity index (χ0v) is 10.8. The number of benzene rings is 1. The van der Waals surface area contributed by atoms with Crippen LogP contribution in [0, 0.1) is 17.0 Å². The van der Waals surface area contributed by atoms with E-state index in [1.165, 1.54) is 0 Å². The van der Waals surface area contributed by atoms with Gasteiger partial charge in [-0.25, -0.2) is 0 Å². The maximum atomic E-state index is 11.0. The van der Waals surface area contributed by atoms with Gasteiger partial charge in [0.1, 0.15) is 5.69 Å². The Morgan fingerprint density at radius 1 is 1.50 bits per heavy atom. The predicted molar refractivity (Wildman–Crippen MR) is 71.9 cm³/mol. The van der Waals surface area contributed by atoms with Crippen LogP contribution in [-0.2, 0) is 0 Å². The highest BCUT2D eigenvalue weighted by Gasteiger charge is 2.24. The summed E-state index contributed by atoms with van der Waals surface area (Å²) < 4.78 is 0. The van der Waals surface area contributed by atoms with E-state index >= 15 is 0 Å². The minimum absolute atomic E-state index is 0.160. The number of nitrogens with one attached hydrogen (secondary N) is 2. The molecule has 1 aromatic rings. The molecule has 0 radical (unpaired) electrons. The van der Waals surface area contributed by atoms with Crippen molar-refractivity contribution in [3.05, 3.63) is 33.9 Å². The fraction of sp³-hybridized carbons (Fsp3) is 0.538. The van der Waals surface area contributed by atoms with Crippen molar-refractivity contribution in [3.8, 4) is 0 Å². The van der Waals surface area contributed by atoms with E-state index in [0.29, 0.717) is 11.7 Å². The van der Waals surface area contributed by atoms with Crippen molar-refractivity contribution in [2.45, 2.75) is 38.8 Å². The number of rotatable bonds is 3. The molecule has 1 heterocycles. The van der Waals surface area contributed by atoms with E-state index < -0.39 is 0 Å². The normalized spacial score (nSPS) is 23.7. The van der Waals surface area contributed by atoms with E-state index in [2.05, 4.69) is 17.6 Å². The van der Waals surface area contributed by atoms with Gasteiger partial charge < -0.3 is 10.6 Å². The highest BCUT2D eigenvalue weighted by molar-refractivity contribution is 5.66. The maximum absolute atomic E-state index is 11.0. The molecule has 0 spiro atoms. The molecule has 1 aliphatic heterocycles. The van der Waals surface area contributed by atoms with Gasteiger partial charge in [0.2, 0.25) is 0 Å². The van der Waals surface area contributed by atoms with Crippen LogP contribution in [0.5, 0.6) is 0 Å². The van der Waals surface area contributed by atoms with Crippen LogP contribution in [0.2, 0.25) is 0 Å². The van der Waals surface area contributed by atoms with Crippen molar-refractivity contribution < 1.29 is 4.92 Å². The quantitative estimate of drug-likeness (QED) is 0.638. The Morgan fingerprint density at radius 3 is 2.94 bits per heavy atom. The van der Waals surface area contributed by atoms with Gasteiger partial charge in [-0.05, 0) is 38.8 Å². The van der Waals surface area contributed by atoms with Crippen molar-refractivity contribution in [1.82, 2.24) is 5.32 Å². The Kier molecular flexibility index (Phi) is 3.81. The Hall–Kier alpha value is -1.62. The third-order valence-corrected chi connectivity index (χ3v) is 3.54. The average Bonchev–Trinajstić information content (AvgIpc) is 2.34. The second-order valence-corrected chi connectivity index (χ2v) is 4.86. The number of nitro groups is 1. The van der Waals surface area contributed by atoms with Gasteiger partial charge in [0.25, 0.3) is 5.69 Å². The lowest BCUT2D eigenvalue weighted by Gasteiger charge is -2.31. The highest BCUT2D eigenvalue weighted by Crippen LogP contribution is 2.29. The van der Waals surface area contributed by atoms with Crippen LogP contribution in [0.1, 0.15) is 25.3 Å². The first-order valence-corrected chi connectivity index (χ1v) is 6.33. The molecule has 0 amide bonds. The van der Waals surface area contributed by atoms with Crippen molar-refractivity contribution >= 4 is 11.4 Å². The summed E-state index contributed by atoms with van der Waals surface area (Å²) >= 11 is 0. The van der Waals surface area contributed by atoms with E-state index in [1.807, 2.05) is 13.0 Å². The first-order chi connectivity index (χ1) is 8.59. The molecule has 2 unspecified atom stereocenters. The Labute approximate surface area is 107 Å². The molecule has 1 saturated heterocycles. The Balaban J connectivity index is 2.24. The number of hydrogen-bond donors (Lipinski definition) is 2. The van der Waals surface area contributed by atoms with Crippen molar-refractivity contribution in [2.75, 3.05) is 11.9 Å². The van der Waals surface area contributed by atoms with E-state index in [4.69, 9.17) is 0 Å². The van der Waals surface area contributed by atoms with Crippen molar-refractivity contribution in [3.63, 3.8) is 0 Å². The zero-order valence-electron chi connectivity index (χ0n) is 10.8. The third kappa shape index (κ3) is 2.61. The maximum Gasteiger partial charge on any atom is 0.292 e. The molecule has 1 aliphatic rings. The Bertz CT molecular complexity index is 448. The van der Waals surface area contributed by atoms with Gasteiger partial charge in [0, 0.05) is 18.2 Å². The molecular weight excluding hydrogens is 230 g/mol. The monoisotopic (exact) mass is 249 g/mol. The summed E-state index contributed by atoms with van der Waals surface area (Å²) in [6, 6.07) is 5.75. The number of piperidine rings is 1. The van der Waals surface area contributed by atoms with E-state index in [0.717, 1.165) is 24.9 Å². The summed E-state index contributed by atoms with van der Waals surface area (Å²) in [6.07, 6.45) is 2.14. The van der Waals surface area contributed by atoms with Gasteiger partial charge in [-0.15, -0.1) is 0 Å². The lowest BCUT2D eigenvalue weighted by Crippen LogP contribution is -2.46. The van der Waals surface area contributed by atoms with E-state index in [9.17, 15) is 10.1 Å². The van der Waals surface area contributed by atoms with Crippen molar-refractivity contribution in [2.24, 2.45) is 0 Å². The summed E-state index contributed by atoms with van der Waals surface area (Å²) in [6.45, 7) is 5.03. The van der Waals surface area contributed by atoms with E-state index in [1.54, 1.807) is 12.1 Å². The van der Waals surface area contributed by atoms with Gasteiger partial charge in [0.15, 0.2) is 0 Å². The zero-order chi connectivity index (χ0) is 13.1. The lowest BCUT2D eigenvalue weighted by molar-refractivity contribution is -0.384. The van der Waals surface area contributed by atoms with Crippen LogP contribution < -0.4 is 10.6 Å². The average molecular weight is 249 g/mol. The first-order valence-electron chi connectivity index (χ1n) is 6.33. The molecule has 5 heteroatoms. The lowest BCUT2D eigenvalue weighted by atomic mass is 9.99. The highest BCUT2D eigenvalue weighted by atomic mass is 16.6. The Morgan fingerprint density at radius 2 is 2.28 bits per heavy atom. The molecule has 1 aromatic carbocycles. The number of anilines is 1. The molecule has 98 valence electrons. The van der Waals surface area contributed by atoms with Crippen molar-refractivity contribution in [1.29, 1.82) is 0 Å². The number of hydrogen-bond acceptors (Lipinski definition) is 4. The standard InChI is InChI=1S/C13H19N3O2/c1-9-5-3-7-12(16(17)18)13(9)15-11-6-4-8-14-10(11)2/h3,5,7,10-11,14-15H,4,6,8H2,1-2H3. The fourth-order valence-corrected chi connectivity index (χ4v) is 2.42. The molecule has 0 aliphatic carbocycles. The van der Waals surface area contributed by atoms with Gasteiger partial charge in [-0.2, -0.15) is 0 Å². The van der Waals surface area contributed by atoms with Crippen LogP contribution in [-0.4, -0.2) is 23.6 Å². The van der Waals surface area contributed by atoms with Crippen LogP contribution in [0.25, 0.3) is 0 Å². The minimum Gasteiger partial charge on any atom is -0.375 e. The molecule has 0 aromatic heterocycles. The smallest absolute Gasteiger partial charge is 0.292 e. The SMILES string of the molecule is Cc1cccc([N+](=O)[O-])c1NC1CCCNC1C. The summed E-state index contributed by atoms with van der Waals surface area (Å²) in [4.78, 5) is 10.7. The molecule has 2 N–H and O–H groups in total. The van der Waals surface area contributed by atoms with Crippen LogP contribution >= 0.6 is 0 Å². The van der Waals surface area contributed by atoms with Gasteiger partial charge in [-0.1, -0.05) is 12.1 Å². The number of nitro benzene ring substituents is 1. The summed E-state index contributed by atoms with van der Waals surface area (Å²) in [5.41, 5.74) is 1.73. The largest absolute Gasteiger partial charge is 0.375 e. The van der Waals surface area contributed by atoms with E-state index in [-0.39, 0.29) is 16.7 Å². The molecule has 1 fully saturated rings. The molecule has 0 bridgehead atoms. The number of para-hydroxylation sites is 1. The van der Waals surface area contributed by atoms with Crippen LogP contribution in [0.3, 0.4) is 0 Å². The topological polar surface area (TPSA) is 67.2 Å². The molecule has 2 rings (SSSR count).